The third-order valence-corrected chi connectivity index (χ3v) is 7.65. The molecule has 0 amide bonds. The standard InChI is InChI=1S/C28H37ClN2O3S/c1-4-17-31(18-16-21(3)34-23-14-12-20(2)13-15-23)28(33)25-10-6-5-8-22(30-25)19-35-27-24(29)9-7-11-26(27)32/h6-7,9-15,21-22,28,32-33H,4-5,8,16-19H2,1-3H3. The molecule has 2 aromatic rings. The minimum Gasteiger partial charge on any atom is -0.507 e. The molecule has 35 heavy (non-hydrogen) atoms. The lowest BCUT2D eigenvalue weighted by atomic mass is 10.2. The van der Waals surface area contributed by atoms with Crippen LogP contribution in [0.3, 0.4) is 0 Å². The third-order valence-electron chi connectivity index (χ3n) is 5.96. The summed E-state index contributed by atoms with van der Waals surface area (Å²) in [5.74, 6) is 1.74. The molecule has 1 heterocycles. The van der Waals surface area contributed by atoms with Gasteiger partial charge in [-0.15, -0.1) is 11.8 Å². The molecular formula is C28H37ClN2O3S. The molecule has 3 rings (SSSR count). The van der Waals surface area contributed by atoms with Gasteiger partial charge in [-0.2, -0.15) is 0 Å². The maximum Gasteiger partial charge on any atom is 0.150 e. The first-order valence-electron chi connectivity index (χ1n) is 12.4. The molecule has 0 fully saturated rings. The number of aryl methyl sites for hydroxylation is 1. The number of aliphatic hydroxyl groups excluding tert-OH is 1. The summed E-state index contributed by atoms with van der Waals surface area (Å²) in [6.45, 7) is 7.73. The van der Waals surface area contributed by atoms with Crippen LogP contribution in [0.15, 0.2) is 64.5 Å². The molecule has 2 aromatic carbocycles. The van der Waals surface area contributed by atoms with Crippen LogP contribution in [0.5, 0.6) is 11.5 Å². The van der Waals surface area contributed by atoms with Gasteiger partial charge in [-0.25, -0.2) is 0 Å². The van der Waals surface area contributed by atoms with Crippen molar-refractivity contribution in [2.45, 2.75) is 69.7 Å². The Morgan fingerprint density at radius 2 is 1.97 bits per heavy atom. The van der Waals surface area contributed by atoms with Crippen molar-refractivity contribution < 1.29 is 14.9 Å². The minimum absolute atomic E-state index is 0.0302. The Labute approximate surface area is 218 Å². The number of hydrogen-bond acceptors (Lipinski definition) is 6. The Morgan fingerprint density at radius 3 is 2.69 bits per heavy atom. The fourth-order valence-electron chi connectivity index (χ4n) is 3.99. The quantitative estimate of drug-likeness (QED) is 0.249. The van der Waals surface area contributed by atoms with E-state index in [0.717, 1.165) is 38.0 Å². The first kappa shape index (κ1) is 27.6. The SMILES string of the molecule is CCCN(CCC(C)Oc1ccc(C)cc1)C(O)C1=NC(CSc2c(O)cccc2Cl)CCC=C1. The van der Waals surface area contributed by atoms with Crippen LogP contribution < -0.4 is 4.74 Å². The van der Waals surface area contributed by atoms with Gasteiger partial charge in [0.2, 0.25) is 0 Å². The maximum absolute atomic E-state index is 11.2. The number of thioether (sulfide) groups is 1. The van der Waals surface area contributed by atoms with Crippen LogP contribution in [0.1, 0.15) is 45.1 Å². The lowest BCUT2D eigenvalue weighted by Gasteiger charge is -2.29. The first-order valence-corrected chi connectivity index (χ1v) is 13.7. The van der Waals surface area contributed by atoms with E-state index >= 15 is 0 Å². The summed E-state index contributed by atoms with van der Waals surface area (Å²) < 4.78 is 6.07. The summed E-state index contributed by atoms with van der Waals surface area (Å²) in [5, 5.41) is 21.9. The van der Waals surface area contributed by atoms with Crippen molar-refractivity contribution in [1.29, 1.82) is 0 Å². The summed E-state index contributed by atoms with van der Waals surface area (Å²) in [6.07, 6.45) is 6.83. The van der Waals surface area contributed by atoms with Crippen molar-refractivity contribution in [1.82, 2.24) is 4.90 Å². The van der Waals surface area contributed by atoms with E-state index in [1.807, 2.05) is 30.3 Å². The van der Waals surface area contributed by atoms with Gasteiger partial charge in [-0.1, -0.05) is 48.4 Å². The first-order chi connectivity index (χ1) is 16.9. The Kier molecular flexibility index (Phi) is 11.0. The van der Waals surface area contributed by atoms with Crippen molar-refractivity contribution in [2.24, 2.45) is 4.99 Å². The van der Waals surface area contributed by atoms with Crippen LogP contribution in [-0.2, 0) is 0 Å². The molecule has 190 valence electrons. The van der Waals surface area contributed by atoms with Crippen LogP contribution in [0.4, 0.5) is 0 Å². The highest BCUT2D eigenvalue weighted by Crippen LogP contribution is 2.36. The highest BCUT2D eigenvalue weighted by Gasteiger charge is 2.23. The van der Waals surface area contributed by atoms with Gasteiger partial charge in [-0.05, 0) is 69.9 Å². The third kappa shape index (κ3) is 8.57. The van der Waals surface area contributed by atoms with E-state index in [9.17, 15) is 10.2 Å². The number of aliphatic hydroxyl groups is 1. The molecule has 3 unspecified atom stereocenters. The van der Waals surface area contributed by atoms with E-state index in [1.54, 1.807) is 18.2 Å². The van der Waals surface area contributed by atoms with E-state index in [4.69, 9.17) is 21.3 Å². The van der Waals surface area contributed by atoms with E-state index in [1.165, 1.54) is 17.3 Å². The molecule has 0 saturated carbocycles. The van der Waals surface area contributed by atoms with Gasteiger partial charge in [0, 0.05) is 18.8 Å². The summed E-state index contributed by atoms with van der Waals surface area (Å²) in [7, 11) is 0. The zero-order valence-electron chi connectivity index (χ0n) is 20.9. The second kappa shape index (κ2) is 13.9. The molecule has 0 aliphatic carbocycles. The number of phenolic OH excluding ortho intramolecular Hbond substituents is 1. The van der Waals surface area contributed by atoms with Crippen molar-refractivity contribution in [3.63, 3.8) is 0 Å². The number of rotatable bonds is 12. The smallest absolute Gasteiger partial charge is 0.150 e. The highest BCUT2D eigenvalue weighted by atomic mass is 35.5. The van der Waals surface area contributed by atoms with Gasteiger partial charge < -0.3 is 14.9 Å². The molecule has 0 bridgehead atoms. The highest BCUT2D eigenvalue weighted by molar-refractivity contribution is 7.99. The zero-order chi connectivity index (χ0) is 25.2. The number of halogens is 1. The summed E-state index contributed by atoms with van der Waals surface area (Å²) >= 11 is 7.78. The number of phenols is 1. The number of hydrogen-bond donors (Lipinski definition) is 2. The number of ether oxygens (including phenoxy) is 1. The number of aromatic hydroxyl groups is 1. The fourth-order valence-corrected chi connectivity index (χ4v) is 5.35. The Hall–Kier alpha value is -1.99. The zero-order valence-corrected chi connectivity index (χ0v) is 22.4. The number of benzene rings is 2. The van der Waals surface area contributed by atoms with Crippen LogP contribution in [0.2, 0.25) is 5.02 Å². The summed E-state index contributed by atoms with van der Waals surface area (Å²) in [6, 6.07) is 13.3. The van der Waals surface area contributed by atoms with Gasteiger partial charge in [0.05, 0.1) is 27.8 Å². The molecule has 3 atom stereocenters. The summed E-state index contributed by atoms with van der Waals surface area (Å²) in [4.78, 5) is 7.67. The molecular weight excluding hydrogens is 480 g/mol. The van der Waals surface area contributed by atoms with Crippen molar-refractivity contribution >= 4 is 29.1 Å². The Balaban J connectivity index is 1.61. The van der Waals surface area contributed by atoms with Crippen LogP contribution in [0, 0.1) is 6.92 Å². The van der Waals surface area contributed by atoms with Crippen LogP contribution in [-0.4, -0.2) is 58.0 Å². The van der Waals surface area contributed by atoms with Crippen LogP contribution in [0.25, 0.3) is 0 Å². The lowest BCUT2D eigenvalue weighted by molar-refractivity contribution is 0.0477. The molecule has 2 N–H and O–H groups in total. The lowest BCUT2D eigenvalue weighted by Crippen LogP contribution is -2.43. The number of nitrogens with zero attached hydrogens (tertiary/aromatic N) is 2. The fraction of sp³-hybridized carbons (Fsp3) is 0.464. The minimum atomic E-state index is -0.767. The van der Waals surface area contributed by atoms with E-state index in [-0.39, 0.29) is 17.9 Å². The molecule has 0 aromatic heterocycles. The average Bonchev–Trinajstić information content (AvgIpc) is 3.08. The van der Waals surface area contributed by atoms with Crippen LogP contribution >= 0.6 is 23.4 Å². The average molecular weight is 517 g/mol. The monoisotopic (exact) mass is 516 g/mol. The molecule has 1 aliphatic rings. The predicted molar refractivity (Wildman–Crippen MR) is 147 cm³/mol. The van der Waals surface area contributed by atoms with Crippen molar-refractivity contribution in [3.8, 4) is 11.5 Å². The van der Waals surface area contributed by atoms with E-state index < -0.39 is 6.23 Å². The molecule has 7 heteroatoms. The number of allylic oxidation sites excluding steroid dienone is 1. The van der Waals surface area contributed by atoms with Gasteiger partial charge in [0.25, 0.3) is 0 Å². The Morgan fingerprint density at radius 1 is 1.20 bits per heavy atom. The predicted octanol–water partition coefficient (Wildman–Crippen LogP) is 6.49. The van der Waals surface area contributed by atoms with Gasteiger partial charge >= 0.3 is 0 Å². The number of aliphatic imine (C=N–C) groups is 1. The molecule has 0 saturated heterocycles. The molecule has 0 spiro atoms. The Bertz CT molecular complexity index is 976. The molecule has 5 nitrogen and oxygen atoms in total. The second-order valence-electron chi connectivity index (χ2n) is 9.03. The normalized spacial score (nSPS) is 17.7. The van der Waals surface area contributed by atoms with Gasteiger partial charge in [0.15, 0.2) is 0 Å². The van der Waals surface area contributed by atoms with E-state index in [2.05, 4.69) is 31.7 Å². The maximum atomic E-state index is 11.2. The molecule has 0 radical (unpaired) electrons. The second-order valence-corrected chi connectivity index (χ2v) is 10.5. The van der Waals surface area contributed by atoms with Gasteiger partial charge in [0.1, 0.15) is 17.7 Å². The van der Waals surface area contributed by atoms with E-state index in [0.29, 0.717) is 27.9 Å². The van der Waals surface area contributed by atoms with Crippen molar-refractivity contribution in [3.05, 3.63) is 65.2 Å². The van der Waals surface area contributed by atoms with Crippen molar-refractivity contribution in [2.75, 3.05) is 18.8 Å². The molecule has 1 aliphatic heterocycles. The summed E-state index contributed by atoms with van der Waals surface area (Å²) in [5.41, 5.74) is 1.90. The topological polar surface area (TPSA) is 65.3 Å². The van der Waals surface area contributed by atoms with Gasteiger partial charge in [-0.3, -0.25) is 9.89 Å². The largest absolute Gasteiger partial charge is 0.507 e.